The zero-order valence-electron chi connectivity index (χ0n) is 9.79. The van der Waals surface area contributed by atoms with Crippen LogP contribution in [0.2, 0.25) is 0 Å². The van der Waals surface area contributed by atoms with Gasteiger partial charge in [-0.2, -0.15) is 11.8 Å². The van der Waals surface area contributed by atoms with Gasteiger partial charge in [0.25, 0.3) is 0 Å². The van der Waals surface area contributed by atoms with E-state index in [9.17, 15) is 4.79 Å². The molecule has 1 atom stereocenters. The Hall–Kier alpha value is -0.0200. The molecule has 3 heteroatoms. The first-order valence-corrected chi connectivity index (χ1v) is 6.95. The van der Waals surface area contributed by atoms with Gasteiger partial charge in [-0.1, -0.05) is 13.8 Å². The van der Waals surface area contributed by atoms with Gasteiger partial charge in [-0.05, 0) is 19.4 Å². The van der Waals surface area contributed by atoms with Gasteiger partial charge >= 0.3 is 0 Å². The summed E-state index contributed by atoms with van der Waals surface area (Å²) in [7, 11) is 0. The van der Waals surface area contributed by atoms with Crippen LogP contribution < -0.4 is 0 Å². The number of nitrogens with zero attached hydrogens (tertiary/aromatic N) is 1. The van der Waals surface area contributed by atoms with E-state index in [0.29, 0.717) is 16.6 Å². The minimum absolute atomic E-state index is 0.428. The highest BCUT2D eigenvalue weighted by atomic mass is 32.2. The fourth-order valence-electron chi connectivity index (χ4n) is 2.51. The third-order valence-electron chi connectivity index (χ3n) is 3.61. The topological polar surface area (TPSA) is 20.3 Å². The molecule has 15 heavy (non-hydrogen) atoms. The average Bonchev–Trinajstić information content (AvgIpc) is 2.49. The van der Waals surface area contributed by atoms with Crippen molar-refractivity contribution in [2.45, 2.75) is 50.3 Å². The second-order valence-corrected chi connectivity index (χ2v) is 7.13. The lowest BCUT2D eigenvalue weighted by molar-refractivity contribution is -0.117. The molecule has 2 rings (SSSR count). The van der Waals surface area contributed by atoms with Crippen LogP contribution in [0.3, 0.4) is 0 Å². The number of carbonyl (C=O) groups is 1. The van der Waals surface area contributed by atoms with Gasteiger partial charge in [0.1, 0.15) is 5.78 Å². The molecule has 86 valence electrons. The van der Waals surface area contributed by atoms with Gasteiger partial charge in [0.05, 0.1) is 0 Å². The van der Waals surface area contributed by atoms with Crippen molar-refractivity contribution in [3.8, 4) is 0 Å². The highest BCUT2D eigenvalue weighted by molar-refractivity contribution is 8.00. The Balaban J connectivity index is 1.91. The Bertz CT molecular complexity index is 252. The monoisotopic (exact) mass is 227 g/mol. The number of hydrogen-bond acceptors (Lipinski definition) is 3. The SMILES string of the molecule is CC1(C)CCN(C2CCC(=O)C2)CCS1. The third-order valence-corrected chi connectivity index (χ3v) is 4.98. The molecule has 0 radical (unpaired) electrons. The van der Waals surface area contributed by atoms with Crippen molar-refractivity contribution in [3.63, 3.8) is 0 Å². The van der Waals surface area contributed by atoms with Crippen LogP contribution in [0.1, 0.15) is 39.5 Å². The van der Waals surface area contributed by atoms with Gasteiger partial charge in [-0.15, -0.1) is 0 Å². The van der Waals surface area contributed by atoms with Crippen LogP contribution >= 0.6 is 11.8 Å². The highest BCUT2D eigenvalue weighted by Crippen LogP contribution is 2.32. The largest absolute Gasteiger partial charge is 0.300 e. The van der Waals surface area contributed by atoms with E-state index >= 15 is 0 Å². The van der Waals surface area contributed by atoms with Crippen LogP contribution in [0.4, 0.5) is 0 Å². The molecule has 1 saturated heterocycles. The van der Waals surface area contributed by atoms with Crippen LogP contribution in [-0.2, 0) is 4.79 Å². The molecule has 0 aromatic carbocycles. The molecule has 2 nitrogen and oxygen atoms in total. The van der Waals surface area contributed by atoms with Crippen molar-refractivity contribution in [2.24, 2.45) is 0 Å². The highest BCUT2D eigenvalue weighted by Gasteiger charge is 2.31. The fourth-order valence-corrected chi connectivity index (χ4v) is 3.62. The zero-order valence-corrected chi connectivity index (χ0v) is 10.6. The summed E-state index contributed by atoms with van der Waals surface area (Å²) in [5, 5.41) is 0. The van der Waals surface area contributed by atoms with E-state index in [2.05, 4.69) is 30.5 Å². The first-order valence-electron chi connectivity index (χ1n) is 5.96. The average molecular weight is 227 g/mol. The molecular formula is C12H21NOS. The zero-order chi connectivity index (χ0) is 10.9. The number of carbonyl (C=O) groups excluding carboxylic acids is 1. The molecule has 2 aliphatic rings. The Morgan fingerprint density at radius 1 is 1.40 bits per heavy atom. The van der Waals surface area contributed by atoms with E-state index in [1.165, 1.54) is 25.3 Å². The van der Waals surface area contributed by atoms with Crippen molar-refractivity contribution in [2.75, 3.05) is 18.8 Å². The first kappa shape index (κ1) is 11.5. The Morgan fingerprint density at radius 2 is 2.20 bits per heavy atom. The van der Waals surface area contributed by atoms with Crippen molar-refractivity contribution >= 4 is 17.5 Å². The summed E-state index contributed by atoms with van der Waals surface area (Å²) in [6.07, 6.45) is 3.98. The predicted octanol–water partition coefficient (Wildman–Crippen LogP) is 2.33. The molecule has 0 aromatic heterocycles. The molecule has 0 bridgehead atoms. The molecule has 1 aliphatic carbocycles. The number of thioether (sulfide) groups is 1. The lowest BCUT2D eigenvalue weighted by Crippen LogP contribution is -2.35. The molecule has 0 N–H and O–H groups in total. The van der Waals surface area contributed by atoms with Crippen LogP contribution in [0.5, 0.6) is 0 Å². The van der Waals surface area contributed by atoms with Gasteiger partial charge in [0.2, 0.25) is 0 Å². The summed E-state index contributed by atoms with van der Waals surface area (Å²) in [6.45, 7) is 7.02. The lowest BCUT2D eigenvalue weighted by atomic mass is 10.1. The summed E-state index contributed by atoms with van der Waals surface area (Å²) in [5.41, 5.74) is 0. The van der Waals surface area contributed by atoms with Crippen molar-refractivity contribution in [3.05, 3.63) is 0 Å². The van der Waals surface area contributed by atoms with Crippen LogP contribution in [-0.4, -0.2) is 40.3 Å². The van der Waals surface area contributed by atoms with Crippen molar-refractivity contribution in [1.29, 1.82) is 0 Å². The second kappa shape index (κ2) is 4.46. The second-order valence-electron chi connectivity index (χ2n) is 5.33. The van der Waals surface area contributed by atoms with E-state index in [4.69, 9.17) is 0 Å². The minimum Gasteiger partial charge on any atom is -0.300 e. The maximum Gasteiger partial charge on any atom is 0.134 e. The van der Waals surface area contributed by atoms with E-state index < -0.39 is 0 Å². The maximum atomic E-state index is 11.3. The third kappa shape index (κ3) is 2.97. The molecule has 1 aliphatic heterocycles. The van der Waals surface area contributed by atoms with E-state index in [-0.39, 0.29) is 0 Å². The molecule has 1 heterocycles. The number of rotatable bonds is 1. The summed E-state index contributed by atoms with van der Waals surface area (Å²) in [5.74, 6) is 1.69. The summed E-state index contributed by atoms with van der Waals surface area (Å²) >= 11 is 2.08. The molecular weight excluding hydrogens is 206 g/mol. The smallest absolute Gasteiger partial charge is 0.134 e. The quantitative estimate of drug-likeness (QED) is 0.686. The summed E-state index contributed by atoms with van der Waals surface area (Å²) in [6, 6.07) is 0.562. The summed E-state index contributed by atoms with van der Waals surface area (Å²) in [4.78, 5) is 13.8. The van der Waals surface area contributed by atoms with E-state index in [0.717, 1.165) is 19.3 Å². The molecule has 0 spiro atoms. The molecule has 0 aromatic rings. The number of hydrogen-bond donors (Lipinski definition) is 0. The number of Topliss-reactive ketones (excluding diaryl/α,β-unsaturated/α-hetero) is 1. The van der Waals surface area contributed by atoms with Gasteiger partial charge in [-0.25, -0.2) is 0 Å². The van der Waals surface area contributed by atoms with Gasteiger partial charge in [0.15, 0.2) is 0 Å². The first-order chi connectivity index (χ1) is 7.07. The van der Waals surface area contributed by atoms with Crippen LogP contribution in [0.25, 0.3) is 0 Å². The Kier molecular flexibility index (Phi) is 3.41. The van der Waals surface area contributed by atoms with Crippen LogP contribution in [0, 0.1) is 0 Å². The van der Waals surface area contributed by atoms with E-state index in [1.54, 1.807) is 0 Å². The molecule has 1 unspecified atom stereocenters. The fraction of sp³-hybridized carbons (Fsp3) is 0.917. The van der Waals surface area contributed by atoms with Crippen molar-refractivity contribution in [1.82, 2.24) is 4.90 Å². The predicted molar refractivity (Wildman–Crippen MR) is 65.4 cm³/mol. The minimum atomic E-state index is 0.428. The molecule has 0 amide bonds. The van der Waals surface area contributed by atoms with Gasteiger partial charge in [0, 0.05) is 35.9 Å². The lowest BCUT2D eigenvalue weighted by Gasteiger charge is -2.27. The van der Waals surface area contributed by atoms with Crippen molar-refractivity contribution < 1.29 is 4.79 Å². The maximum absolute atomic E-state index is 11.3. The number of ketones is 1. The van der Waals surface area contributed by atoms with Crippen LogP contribution in [0.15, 0.2) is 0 Å². The molecule has 1 saturated carbocycles. The van der Waals surface area contributed by atoms with Gasteiger partial charge in [-0.3, -0.25) is 9.69 Å². The molecule has 2 fully saturated rings. The van der Waals surface area contributed by atoms with E-state index in [1.807, 2.05) is 0 Å². The standard InChI is InChI=1S/C12H21NOS/c1-12(2)5-6-13(7-8-15-12)10-3-4-11(14)9-10/h10H,3-9H2,1-2H3. The Morgan fingerprint density at radius 3 is 2.87 bits per heavy atom. The summed E-state index contributed by atoms with van der Waals surface area (Å²) < 4.78 is 0.428. The normalized spacial score (nSPS) is 32.9. The van der Waals surface area contributed by atoms with Gasteiger partial charge < -0.3 is 0 Å². The Labute approximate surface area is 96.8 Å².